The van der Waals surface area contributed by atoms with E-state index in [1.165, 1.54) is 6.07 Å². The van der Waals surface area contributed by atoms with Crippen LogP contribution in [0.2, 0.25) is 0 Å². The molecule has 2 nitrogen and oxygen atoms in total. The highest BCUT2D eigenvalue weighted by molar-refractivity contribution is 5.84. The lowest BCUT2D eigenvalue weighted by atomic mass is 9.92. The second-order valence-corrected chi connectivity index (χ2v) is 4.72. The molecule has 3 heteroatoms. The van der Waals surface area contributed by atoms with Gasteiger partial charge in [0.25, 0.3) is 0 Å². The third-order valence-electron chi connectivity index (χ3n) is 2.64. The first-order valence-corrected chi connectivity index (χ1v) is 5.24. The first kappa shape index (κ1) is 11.0. The van der Waals surface area contributed by atoms with E-state index in [9.17, 15) is 4.39 Å². The molecule has 0 fully saturated rings. The first-order chi connectivity index (χ1) is 7.39. The quantitative estimate of drug-likeness (QED) is 0.799. The lowest BCUT2D eigenvalue weighted by Gasteiger charge is -2.21. The van der Waals surface area contributed by atoms with E-state index in [0.29, 0.717) is 5.52 Å². The van der Waals surface area contributed by atoms with E-state index in [1.807, 2.05) is 32.9 Å². The minimum Gasteiger partial charge on any atom is -0.322 e. The van der Waals surface area contributed by atoms with Crippen molar-refractivity contribution in [3.05, 3.63) is 41.3 Å². The second-order valence-electron chi connectivity index (χ2n) is 4.72. The van der Waals surface area contributed by atoms with Gasteiger partial charge in [-0.05, 0) is 50.1 Å². The van der Waals surface area contributed by atoms with Crippen LogP contribution >= 0.6 is 0 Å². The number of pyridine rings is 1. The summed E-state index contributed by atoms with van der Waals surface area (Å²) in [4.78, 5) is 4.07. The Morgan fingerprint density at radius 1 is 1.31 bits per heavy atom. The highest BCUT2D eigenvalue weighted by atomic mass is 19.1. The predicted molar refractivity (Wildman–Crippen MR) is 63.7 cm³/mol. The van der Waals surface area contributed by atoms with Gasteiger partial charge in [-0.3, -0.25) is 4.98 Å². The summed E-state index contributed by atoms with van der Waals surface area (Å²) >= 11 is 0. The summed E-state index contributed by atoms with van der Waals surface area (Å²) in [6, 6.07) is 5.26. The fourth-order valence-corrected chi connectivity index (χ4v) is 1.91. The van der Waals surface area contributed by atoms with Crippen LogP contribution < -0.4 is 5.73 Å². The average molecular weight is 218 g/mol. The number of aryl methyl sites for hydroxylation is 1. The fraction of sp³-hybridized carbons (Fsp3) is 0.308. The Hall–Kier alpha value is -1.48. The number of hydrogen-bond acceptors (Lipinski definition) is 2. The molecule has 0 aliphatic heterocycles. The molecule has 0 spiro atoms. The monoisotopic (exact) mass is 218 g/mol. The summed E-state index contributed by atoms with van der Waals surface area (Å²) in [6.07, 6.45) is 1.60. The van der Waals surface area contributed by atoms with Gasteiger partial charge in [-0.25, -0.2) is 4.39 Å². The predicted octanol–water partition coefficient (Wildman–Crippen LogP) is 2.88. The maximum atomic E-state index is 13.7. The van der Waals surface area contributed by atoms with Crippen molar-refractivity contribution in [1.82, 2.24) is 4.98 Å². The van der Waals surface area contributed by atoms with E-state index in [2.05, 4.69) is 4.98 Å². The van der Waals surface area contributed by atoms with Crippen LogP contribution in [0.15, 0.2) is 24.4 Å². The number of nitrogens with zero attached hydrogens (tertiary/aromatic N) is 1. The molecule has 2 rings (SSSR count). The lowest BCUT2D eigenvalue weighted by Crippen LogP contribution is -2.29. The van der Waals surface area contributed by atoms with Gasteiger partial charge in [-0.1, -0.05) is 0 Å². The molecule has 0 saturated carbocycles. The zero-order valence-corrected chi connectivity index (χ0v) is 9.71. The van der Waals surface area contributed by atoms with E-state index in [-0.39, 0.29) is 5.82 Å². The molecule has 2 aromatic rings. The summed E-state index contributed by atoms with van der Waals surface area (Å²) in [5, 5.41) is 0.799. The molecule has 0 aliphatic carbocycles. The number of rotatable bonds is 1. The molecular weight excluding hydrogens is 203 g/mol. The number of fused-ring (bicyclic) bond motifs is 1. The molecule has 0 aliphatic rings. The summed E-state index contributed by atoms with van der Waals surface area (Å²) in [5.41, 5.74) is 7.76. The summed E-state index contributed by atoms with van der Waals surface area (Å²) < 4.78 is 13.7. The van der Waals surface area contributed by atoms with Crippen LogP contribution in [0.25, 0.3) is 10.9 Å². The number of halogens is 1. The maximum Gasteiger partial charge on any atom is 0.149 e. The van der Waals surface area contributed by atoms with Gasteiger partial charge in [0.05, 0.1) is 0 Å². The minimum atomic E-state index is -0.499. The lowest BCUT2D eigenvalue weighted by molar-refractivity contribution is 0.558. The Balaban J connectivity index is 2.87. The van der Waals surface area contributed by atoms with Gasteiger partial charge < -0.3 is 5.73 Å². The standard InChI is InChI=1S/C13H15FN2/c1-8-6-9-10(13(2,3)15)4-5-16-12(9)11(14)7-8/h4-7H,15H2,1-3H3. The van der Waals surface area contributed by atoms with Crippen molar-refractivity contribution >= 4 is 10.9 Å². The van der Waals surface area contributed by atoms with Gasteiger partial charge in [0.1, 0.15) is 11.3 Å². The molecular formula is C13H15FN2. The summed E-state index contributed by atoms with van der Waals surface area (Å²) in [6.45, 7) is 5.67. The van der Waals surface area contributed by atoms with E-state index in [1.54, 1.807) is 6.20 Å². The highest BCUT2D eigenvalue weighted by Crippen LogP contribution is 2.27. The Kier molecular flexibility index (Phi) is 2.43. The zero-order chi connectivity index (χ0) is 11.9. The van der Waals surface area contributed by atoms with Crippen LogP contribution in [0.1, 0.15) is 25.0 Å². The highest BCUT2D eigenvalue weighted by Gasteiger charge is 2.18. The zero-order valence-electron chi connectivity index (χ0n) is 9.71. The van der Waals surface area contributed by atoms with E-state index in [0.717, 1.165) is 16.5 Å². The second kappa shape index (κ2) is 3.52. The average Bonchev–Trinajstić information content (AvgIpc) is 2.15. The van der Waals surface area contributed by atoms with E-state index in [4.69, 9.17) is 5.73 Å². The number of hydrogen-bond donors (Lipinski definition) is 1. The molecule has 0 bridgehead atoms. The van der Waals surface area contributed by atoms with E-state index < -0.39 is 5.54 Å². The maximum absolute atomic E-state index is 13.7. The molecule has 0 atom stereocenters. The van der Waals surface area contributed by atoms with E-state index >= 15 is 0 Å². The Bertz CT molecular complexity index is 541. The molecule has 1 aromatic carbocycles. The number of aromatic nitrogens is 1. The van der Waals surface area contributed by atoms with Crippen molar-refractivity contribution < 1.29 is 4.39 Å². The van der Waals surface area contributed by atoms with Crippen LogP contribution in [0.5, 0.6) is 0 Å². The van der Waals surface area contributed by atoms with Crippen molar-refractivity contribution in [2.75, 3.05) is 0 Å². The third-order valence-corrected chi connectivity index (χ3v) is 2.64. The minimum absolute atomic E-state index is 0.291. The molecule has 0 amide bonds. The molecule has 1 heterocycles. The SMILES string of the molecule is Cc1cc(F)c2nccc(C(C)(C)N)c2c1. The summed E-state index contributed by atoms with van der Waals surface area (Å²) in [7, 11) is 0. The normalized spacial score (nSPS) is 12.1. The van der Waals surface area contributed by atoms with Gasteiger partial charge in [0, 0.05) is 17.1 Å². The van der Waals surface area contributed by atoms with Gasteiger partial charge in [0.15, 0.2) is 0 Å². The van der Waals surface area contributed by atoms with Gasteiger partial charge >= 0.3 is 0 Å². The molecule has 0 saturated heterocycles. The van der Waals surface area contributed by atoms with Crippen LogP contribution in [0.3, 0.4) is 0 Å². The molecule has 2 N–H and O–H groups in total. The van der Waals surface area contributed by atoms with Gasteiger partial charge in [-0.15, -0.1) is 0 Å². The number of benzene rings is 1. The smallest absolute Gasteiger partial charge is 0.149 e. The van der Waals surface area contributed by atoms with Gasteiger partial charge in [-0.2, -0.15) is 0 Å². The fourth-order valence-electron chi connectivity index (χ4n) is 1.91. The molecule has 0 radical (unpaired) electrons. The van der Waals surface area contributed by atoms with Crippen molar-refractivity contribution in [3.63, 3.8) is 0 Å². The van der Waals surface area contributed by atoms with Crippen molar-refractivity contribution in [3.8, 4) is 0 Å². The summed E-state index contributed by atoms with van der Waals surface area (Å²) in [5.74, 6) is -0.291. The molecule has 0 unspecified atom stereocenters. The Morgan fingerprint density at radius 3 is 2.62 bits per heavy atom. The van der Waals surface area contributed by atoms with Crippen LogP contribution in [-0.4, -0.2) is 4.98 Å². The molecule has 84 valence electrons. The first-order valence-electron chi connectivity index (χ1n) is 5.24. The Labute approximate surface area is 94.3 Å². The van der Waals surface area contributed by atoms with Crippen molar-refractivity contribution in [2.24, 2.45) is 5.73 Å². The number of nitrogens with two attached hydrogens (primary N) is 1. The van der Waals surface area contributed by atoms with Gasteiger partial charge in [0.2, 0.25) is 0 Å². The van der Waals surface area contributed by atoms with Crippen LogP contribution in [-0.2, 0) is 5.54 Å². The third kappa shape index (κ3) is 1.78. The van der Waals surface area contributed by atoms with Crippen molar-refractivity contribution in [2.45, 2.75) is 26.3 Å². The van der Waals surface area contributed by atoms with Crippen LogP contribution in [0.4, 0.5) is 4.39 Å². The largest absolute Gasteiger partial charge is 0.322 e. The van der Waals surface area contributed by atoms with Crippen molar-refractivity contribution in [1.29, 1.82) is 0 Å². The molecule has 1 aromatic heterocycles. The topological polar surface area (TPSA) is 38.9 Å². The Morgan fingerprint density at radius 2 is 2.00 bits per heavy atom. The van der Waals surface area contributed by atoms with Crippen LogP contribution in [0, 0.1) is 12.7 Å². The molecule has 16 heavy (non-hydrogen) atoms.